The minimum Gasteiger partial charge on any atom is -0.481 e. The second kappa shape index (κ2) is 6.91. The lowest BCUT2D eigenvalue weighted by molar-refractivity contribution is -0.137. The summed E-state index contributed by atoms with van der Waals surface area (Å²) < 4.78 is 10.5. The number of nitrogens with one attached hydrogen (secondary N) is 2. The van der Waals surface area contributed by atoms with E-state index < -0.39 is 18.0 Å². The second-order valence-electron chi connectivity index (χ2n) is 5.23. The molecule has 124 valence electrons. The maximum absolute atomic E-state index is 12.1. The van der Waals surface area contributed by atoms with Gasteiger partial charge in [0.05, 0.1) is 12.5 Å². The molecule has 1 aliphatic heterocycles. The van der Waals surface area contributed by atoms with E-state index in [9.17, 15) is 9.59 Å². The number of carbonyl (C=O) groups excluding carboxylic acids is 1. The molecule has 1 atom stereocenters. The Hall–Kier alpha value is -3.22. The number of anilines is 1. The Morgan fingerprint density at radius 3 is 2.58 bits per heavy atom. The molecule has 2 aromatic carbocycles. The first-order valence-corrected chi connectivity index (χ1v) is 7.36. The highest BCUT2D eigenvalue weighted by atomic mass is 16.7. The molecule has 1 heterocycles. The molecular formula is C17H16N2O5. The van der Waals surface area contributed by atoms with Gasteiger partial charge in [-0.05, 0) is 29.8 Å². The summed E-state index contributed by atoms with van der Waals surface area (Å²) in [5.41, 5.74) is 1.25. The van der Waals surface area contributed by atoms with Crippen molar-refractivity contribution in [1.29, 1.82) is 0 Å². The molecule has 0 radical (unpaired) electrons. The van der Waals surface area contributed by atoms with Crippen LogP contribution in [0.4, 0.5) is 10.5 Å². The van der Waals surface area contributed by atoms with Gasteiger partial charge in [-0.25, -0.2) is 4.79 Å². The molecule has 7 nitrogen and oxygen atoms in total. The van der Waals surface area contributed by atoms with Crippen LogP contribution in [-0.2, 0) is 4.79 Å². The first kappa shape index (κ1) is 15.7. The molecule has 3 rings (SSSR count). The van der Waals surface area contributed by atoms with Gasteiger partial charge >= 0.3 is 12.0 Å². The highest BCUT2D eigenvalue weighted by Gasteiger charge is 2.21. The molecule has 0 saturated carbocycles. The second-order valence-corrected chi connectivity index (χ2v) is 5.23. The van der Waals surface area contributed by atoms with Crippen LogP contribution >= 0.6 is 0 Å². The van der Waals surface area contributed by atoms with Crippen molar-refractivity contribution in [2.24, 2.45) is 0 Å². The van der Waals surface area contributed by atoms with Gasteiger partial charge in [0.2, 0.25) is 6.79 Å². The summed E-state index contributed by atoms with van der Waals surface area (Å²) in [6.45, 7) is 0.129. The number of hydrogen-bond acceptors (Lipinski definition) is 4. The number of benzene rings is 2. The molecule has 0 aromatic heterocycles. The molecular weight excluding hydrogens is 312 g/mol. The predicted octanol–water partition coefficient (Wildman–Crippen LogP) is 2.75. The van der Waals surface area contributed by atoms with Crippen LogP contribution in [0.3, 0.4) is 0 Å². The minimum absolute atomic E-state index is 0.129. The highest BCUT2D eigenvalue weighted by molar-refractivity contribution is 5.89. The first-order chi connectivity index (χ1) is 11.6. The van der Waals surface area contributed by atoms with E-state index in [-0.39, 0.29) is 13.2 Å². The lowest BCUT2D eigenvalue weighted by Gasteiger charge is -2.18. The fourth-order valence-corrected chi connectivity index (χ4v) is 2.40. The van der Waals surface area contributed by atoms with Gasteiger partial charge in [0.15, 0.2) is 11.5 Å². The van der Waals surface area contributed by atoms with Crippen LogP contribution in [0.2, 0.25) is 0 Å². The number of hydrogen-bond donors (Lipinski definition) is 3. The van der Waals surface area contributed by atoms with Gasteiger partial charge in [0.1, 0.15) is 0 Å². The number of fused-ring (bicyclic) bond motifs is 1. The van der Waals surface area contributed by atoms with Gasteiger partial charge in [-0.1, -0.05) is 24.3 Å². The van der Waals surface area contributed by atoms with Gasteiger partial charge in [0.25, 0.3) is 0 Å². The molecule has 2 amide bonds. The van der Waals surface area contributed by atoms with E-state index in [4.69, 9.17) is 14.6 Å². The van der Waals surface area contributed by atoms with Crippen LogP contribution in [0.25, 0.3) is 0 Å². The topological polar surface area (TPSA) is 96.9 Å². The molecule has 0 saturated heterocycles. The zero-order chi connectivity index (χ0) is 16.9. The maximum atomic E-state index is 12.1. The third-order valence-electron chi connectivity index (χ3n) is 3.51. The van der Waals surface area contributed by atoms with Gasteiger partial charge < -0.3 is 25.2 Å². The third kappa shape index (κ3) is 3.75. The van der Waals surface area contributed by atoms with Crippen molar-refractivity contribution in [1.82, 2.24) is 5.32 Å². The monoisotopic (exact) mass is 328 g/mol. The van der Waals surface area contributed by atoms with Gasteiger partial charge in [-0.15, -0.1) is 0 Å². The Morgan fingerprint density at radius 2 is 1.83 bits per heavy atom. The van der Waals surface area contributed by atoms with E-state index in [1.54, 1.807) is 42.5 Å². The minimum atomic E-state index is -1.02. The molecule has 3 N–H and O–H groups in total. The summed E-state index contributed by atoms with van der Waals surface area (Å²) >= 11 is 0. The number of carbonyl (C=O) groups is 2. The molecule has 1 unspecified atom stereocenters. The predicted molar refractivity (Wildman–Crippen MR) is 86.2 cm³/mol. The molecule has 24 heavy (non-hydrogen) atoms. The highest BCUT2D eigenvalue weighted by Crippen LogP contribution is 2.34. The number of aliphatic carboxylic acids is 1. The number of carboxylic acid groups (broad SMARTS) is 1. The van der Waals surface area contributed by atoms with Crippen molar-refractivity contribution in [3.63, 3.8) is 0 Å². The molecule has 0 aliphatic carbocycles. The number of ether oxygens (including phenoxy) is 2. The maximum Gasteiger partial charge on any atom is 0.319 e. The van der Waals surface area contributed by atoms with Gasteiger partial charge in [-0.3, -0.25) is 4.79 Å². The number of urea groups is 1. The number of para-hydroxylation sites is 1. The van der Waals surface area contributed by atoms with E-state index in [0.29, 0.717) is 22.7 Å². The van der Waals surface area contributed by atoms with Crippen LogP contribution in [0.1, 0.15) is 18.0 Å². The summed E-state index contributed by atoms with van der Waals surface area (Å²) in [6, 6.07) is 12.8. The normalized spacial score (nSPS) is 13.2. The lowest BCUT2D eigenvalue weighted by Crippen LogP contribution is -2.33. The van der Waals surface area contributed by atoms with E-state index in [1.807, 2.05) is 6.07 Å². The number of carboxylic acids is 1. The third-order valence-corrected chi connectivity index (χ3v) is 3.51. The van der Waals surface area contributed by atoms with E-state index in [0.717, 1.165) is 0 Å². The van der Waals surface area contributed by atoms with Crippen LogP contribution in [-0.4, -0.2) is 23.9 Å². The Kier molecular flexibility index (Phi) is 4.51. The Bertz CT molecular complexity index is 748. The molecule has 1 aliphatic rings. The summed E-state index contributed by atoms with van der Waals surface area (Å²) in [4.78, 5) is 23.3. The largest absolute Gasteiger partial charge is 0.481 e. The average molecular weight is 328 g/mol. The molecule has 2 aromatic rings. The van der Waals surface area contributed by atoms with Crippen LogP contribution in [0.5, 0.6) is 11.5 Å². The molecule has 7 heteroatoms. The Morgan fingerprint density at radius 1 is 1.08 bits per heavy atom. The quantitative estimate of drug-likeness (QED) is 0.784. The summed E-state index contributed by atoms with van der Waals surface area (Å²) in [5, 5.41) is 14.5. The SMILES string of the molecule is O=C(O)CC(NC(=O)Nc1ccccc1)c1ccc2c(c1)OCO2. The summed E-state index contributed by atoms with van der Waals surface area (Å²) in [7, 11) is 0. The molecule has 0 fully saturated rings. The average Bonchev–Trinajstić information content (AvgIpc) is 3.02. The fraction of sp³-hybridized carbons (Fsp3) is 0.176. The van der Waals surface area contributed by atoms with Crippen molar-refractivity contribution in [3.05, 3.63) is 54.1 Å². The van der Waals surface area contributed by atoms with Crippen LogP contribution in [0.15, 0.2) is 48.5 Å². The van der Waals surface area contributed by atoms with Crippen molar-refractivity contribution in [3.8, 4) is 11.5 Å². The Balaban J connectivity index is 1.74. The van der Waals surface area contributed by atoms with Crippen LogP contribution in [0, 0.1) is 0 Å². The first-order valence-electron chi connectivity index (χ1n) is 7.36. The zero-order valence-electron chi connectivity index (χ0n) is 12.7. The van der Waals surface area contributed by atoms with Gasteiger partial charge in [0, 0.05) is 5.69 Å². The van der Waals surface area contributed by atoms with E-state index >= 15 is 0 Å². The van der Waals surface area contributed by atoms with Crippen molar-refractivity contribution in [2.45, 2.75) is 12.5 Å². The lowest BCUT2D eigenvalue weighted by atomic mass is 10.0. The standard InChI is InChI=1S/C17H16N2O5/c20-16(21)9-13(11-6-7-14-15(8-11)24-10-23-14)19-17(22)18-12-4-2-1-3-5-12/h1-8,13H,9-10H2,(H,20,21)(H2,18,19,22). The Labute approximate surface area is 138 Å². The zero-order valence-corrected chi connectivity index (χ0v) is 12.7. The fourth-order valence-electron chi connectivity index (χ4n) is 2.40. The van der Waals surface area contributed by atoms with E-state index in [1.165, 1.54) is 0 Å². The van der Waals surface area contributed by atoms with Crippen LogP contribution < -0.4 is 20.1 Å². The molecule has 0 bridgehead atoms. The summed E-state index contributed by atoms with van der Waals surface area (Å²) in [5.74, 6) is 0.118. The van der Waals surface area contributed by atoms with Gasteiger partial charge in [-0.2, -0.15) is 0 Å². The van der Waals surface area contributed by atoms with Crippen molar-refractivity contribution in [2.75, 3.05) is 12.1 Å². The number of amides is 2. The molecule has 0 spiro atoms. The summed E-state index contributed by atoms with van der Waals surface area (Å²) in [6.07, 6.45) is -0.248. The van der Waals surface area contributed by atoms with E-state index in [2.05, 4.69) is 10.6 Å². The number of rotatable bonds is 5. The van der Waals surface area contributed by atoms with Crippen molar-refractivity contribution < 1.29 is 24.2 Å². The smallest absolute Gasteiger partial charge is 0.319 e. The van der Waals surface area contributed by atoms with Crippen molar-refractivity contribution >= 4 is 17.7 Å².